The second kappa shape index (κ2) is 11.6. The Bertz CT molecular complexity index is 316. The molecule has 5 heteroatoms. The second-order valence-corrected chi connectivity index (χ2v) is 3.84. The molecular formula is C14H22O5. The molecule has 0 bridgehead atoms. The maximum atomic E-state index is 10.9. The van der Waals surface area contributed by atoms with Gasteiger partial charge in [0, 0.05) is 20.6 Å². The Hall–Kier alpha value is -1.46. The molecule has 0 fully saturated rings. The van der Waals surface area contributed by atoms with Gasteiger partial charge in [0.1, 0.15) is 6.29 Å². The van der Waals surface area contributed by atoms with Crippen molar-refractivity contribution in [3.8, 4) is 0 Å². The van der Waals surface area contributed by atoms with Gasteiger partial charge in [0.25, 0.3) is 0 Å². The van der Waals surface area contributed by atoms with E-state index in [0.29, 0.717) is 18.4 Å². The normalized spacial score (nSPS) is 12.1. The fourth-order valence-electron chi connectivity index (χ4n) is 1.37. The third kappa shape index (κ3) is 9.16. The lowest BCUT2D eigenvalue weighted by Crippen LogP contribution is -2.10. The van der Waals surface area contributed by atoms with E-state index in [9.17, 15) is 9.59 Å². The molecule has 0 aliphatic carbocycles. The van der Waals surface area contributed by atoms with Crippen molar-refractivity contribution in [2.24, 2.45) is 0 Å². The average Bonchev–Trinajstić information content (AvgIpc) is 2.45. The third-order valence-electron chi connectivity index (χ3n) is 2.47. The van der Waals surface area contributed by atoms with Crippen LogP contribution in [0.3, 0.4) is 0 Å². The molecule has 0 N–H and O–H groups in total. The van der Waals surface area contributed by atoms with Gasteiger partial charge in [-0.05, 0) is 30.9 Å². The number of hydrogen-bond acceptors (Lipinski definition) is 5. The molecule has 0 spiro atoms. The monoisotopic (exact) mass is 270 g/mol. The molecule has 0 atom stereocenters. The van der Waals surface area contributed by atoms with Crippen LogP contribution < -0.4 is 0 Å². The molecule has 0 amide bonds. The van der Waals surface area contributed by atoms with Crippen molar-refractivity contribution in [2.45, 2.75) is 32.0 Å². The lowest BCUT2D eigenvalue weighted by Gasteiger charge is -2.08. The Morgan fingerprint density at radius 3 is 2.37 bits per heavy atom. The maximum absolute atomic E-state index is 10.9. The lowest BCUT2D eigenvalue weighted by atomic mass is 10.1. The van der Waals surface area contributed by atoms with Crippen molar-refractivity contribution < 1.29 is 23.8 Å². The summed E-state index contributed by atoms with van der Waals surface area (Å²) in [5, 5.41) is 0. The van der Waals surface area contributed by atoms with Crippen LogP contribution in [0.15, 0.2) is 23.8 Å². The zero-order valence-corrected chi connectivity index (χ0v) is 11.8. The highest BCUT2D eigenvalue weighted by molar-refractivity contribution is 5.73. The number of allylic oxidation sites excluding steroid dienone is 3. The molecule has 0 radical (unpaired) electrons. The summed E-state index contributed by atoms with van der Waals surface area (Å²) < 4.78 is 14.5. The van der Waals surface area contributed by atoms with Crippen LogP contribution in [0.25, 0.3) is 0 Å². The van der Waals surface area contributed by atoms with E-state index in [1.54, 1.807) is 6.08 Å². The zero-order chi connectivity index (χ0) is 14.5. The first-order chi connectivity index (χ1) is 9.17. The molecule has 0 aromatic carbocycles. The lowest BCUT2D eigenvalue weighted by molar-refractivity contribution is -0.140. The predicted octanol–water partition coefficient (Wildman–Crippen LogP) is 2.02. The van der Waals surface area contributed by atoms with Gasteiger partial charge < -0.3 is 14.2 Å². The molecule has 0 aliphatic rings. The Labute approximate surface area is 114 Å². The van der Waals surface area contributed by atoms with Crippen molar-refractivity contribution in [1.29, 1.82) is 0 Å². The highest BCUT2D eigenvalue weighted by Crippen LogP contribution is 2.06. The van der Waals surface area contributed by atoms with Crippen LogP contribution in [0.1, 0.15) is 25.7 Å². The van der Waals surface area contributed by atoms with Gasteiger partial charge in [-0.25, -0.2) is 0 Å². The summed E-state index contributed by atoms with van der Waals surface area (Å²) in [5.74, 6) is -0.204. The molecule has 0 aromatic rings. The van der Waals surface area contributed by atoms with Crippen molar-refractivity contribution in [1.82, 2.24) is 0 Å². The first kappa shape index (κ1) is 17.5. The number of methoxy groups -OCH3 is 3. The molecule has 19 heavy (non-hydrogen) atoms. The number of hydrogen-bond donors (Lipinski definition) is 0. The molecule has 0 aromatic heterocycles. The Kier molecular flexibility index (Phi) is 10.7. The van der Waals surface area contributed by atoms with E-state index < -0.39 is 6.29 Å². The van der Waals surface area contributed by atoms with Gasteiger partial charge in [0.15, 0.2) is 6.29 Å². The number of rotatable bonds is 10. The molecule has 0 heterocycles. The van der Waals surface area contributed by atoms with Gasteiger partial charge in [-0.15, -0.1) is 0 Å². The fraction of sp³-hybridized carbons (Fsp3) is 0.571. The van der Waals surface area contributed by atoms with Gasteiger partial charge in [-0.1, -0.05) is 12.2 Å². The molecule has 108 valence electrons. The predicted molar refractivity (Wildman–Crippen MR) is 71.6 cm³/mol. The minimum Gasteiger partial charge on any atom is -0.469 e. The highest BCUT2D eigenvalue weighted by Gasteiger charge is 2.02. The Balaban J connectivity index is 4.00. The highest BCUT2D eigenvalue weighted by atomic mass is 16.7. The van der Waals surface area contributed by atoms with Crippen LogP contribution in [0.5, 0.6) is 0 Å². The number of aldehydes is 1. The minimum atomic E-state index is -0.507. The minimum absolute atomic E-state index is 0.204. The van der Waals surface area contributed by atoms with E-state index in [-0.39, 0.29) is 5.97 Å². The first-order valence-corrected chi connectivity index (χ1v) is 6.11. The van der Waals surface area contributed by atoms with Crippen molar-refractivity contribution >= 4 is 12.3 Å². The number of ether oxygens (including phenoxy) is 3. The SMILES string of the molecule is COC(=O)CCC/C=C\C/C(C=O)=C\C(OC)OC. The Morgan fingerprint density at radius 1 is 1.16 bits per heavy atom. The molecular weight excluding hydrogens is 248 g/mol. The van der Waals surface area contributed by atoms with Crippen LogP contribution in [0, 0.1) is 0 Å². The van der Waals surface area contributed by atoms with E-state index in [1.807, 2.05) is 12.2 Å². The summed E-state index contributed by atoms with van der Waals surface area (Å²) in [4.78, 5) is 21.7. The van der Waals surface area contributed by atoms with E-state index in [4.69, 9.17) is 9.47 Å². The summed E-state index contributed by atoms with van der Waals surface area (Å²) in [6.07, 6.45) is 8.18. The molecule has 0 aliphatic heterocycles. The smallest absolute Gasteiger partial charge is 0.305 e. The van der Waals surface area contributed by atoms with Crippen molar-refractivity contribution in [2.75, 3.05) is 21.3 Å². The number of carbonyl (C=O) groups excluding carboxylic acids is 2. The molecule has 0 saturated carbocycles. The zero-order valence-electron chi connectivity index (χ0n) is 11.8. The van der Waals surface area contributed by atoms with E-state index in [2.05, 4.69) is 4.74 Å². The van der Waals surface area contributed by atoms with E-state index >= 15 is 0 Å². The Morgan fingerprint density at radius 2 is 1.84 bits per heavy atom. The van der Waals surface area contributed by atoms with Gasteiger partial charge in [-0.3, -0.25) is 9.59 Å². The third-order valence-corrected chi connectivity index (χ3v) is 2.47. The van der Waals surface area contributed by atoms with Gasteiger partial charge >= 0.3 is 5.97 Å². The molecule has 5 nitrogen and oxygen atoms in total. The fourth-order valence-corrected chi connectivity index (χ4v) is 1.37. The summed E-state index contributed by atoms with van der Waals surface area (Å²) >= 11 is 0. The summed E-state index contributed by atoms with van der Waals surface area (Å²) in [6.45, 7) is 0. The van der Waals surface area contributed by atoms with Crippen LogP contribution in [0.2, 0.25) is 0 Å². The largest absolute Gasteiger partial charge is 0.469 e. The van der Waals surface area contributed by atoms with E-state index in [0.717, 1.165) is 19.1 Å². The van der Waals surface area contributed by atoms with Crippen LogP contribution in [0.4, 0.5) is 0 Å². The van der Waals surface area contributed by atoms with E-state index in [1.165, 1.54) is 21.3 Å². The van der Waals surface area contributed by atoms with Gasteiger partial charge in [0.05, 0.1) is 7.11 Å². The van der Waals surface area contributed by atoms with Gasteiger partial charge in [-0.2, -0.15) is 0 Å². The number of unbranched alkanes of at least 4 members (excludes halogenated alkanes) is 1. The number of carbonyl (C=O) groups is 2. The molecule has 0 rings (SSSR count). The topological polar surface area (TPSA) is 61.8 Å². The standard InChI is InChI=1S/C14H22O5/c1-17-13(16)9-7-5-4-6-8-12(11-15)10-14(18-2)19-3/h4,6,10-11,14H,5,7-9H2,1-3H3/b6-4-,12-10+. The van der Waals surface area contributed by atoms with Crippen LogP contribution >= 0.6 is 0 Å². The maximum Gasteiger partial charge on any atom is 0.305 e. The van der Waals surface area contributed by atoms with Crippen molar-refractivity contribution in [3.05, 3.63) is 23.8 Å². The second-order valence-electron chi connectivity index (χ2n) is 3.84. The molecule has 0 saturated heterocycles. The summed E-state index contributed by atoms with van der Waals surface area (Å²) in [6, 6.07) is 0. The molecule has 0 unspecified atom stereocenters. The average molecular weight is 270 g/mol. The van der Waals surface area contributed by atoms with Crippen LogP contribution in [-0.2, 0) is 23.8 Å². The van der Waals surface area contributed by atoms with Crippen LogP contribution in [-0.4, -0.2) is 39.9 Å². The van der Waals surface area contributed by atoms with Crippen molar-refractivity contribution in [3.63, 3.8) is 0 Å². The number of esters is 1. The van der Waals surface area contributed by atoms with Gasteiger partial charge in [0.2, 0.25) is 0 Å². The first-order valence-electron chi connectivity index (χ1n) is 6.11. The quantitative estimate of drug-likeness (QED) is 0.152. The summed E-state index contributed by atoms with van der Waals surface area (Å²) in [5.41, 5.74) is 0.595. The summed E-state index contributed by atoms with van der Waals surface area (Å²) in [7, 11) is 4.40.